The van der Waals surface area contributed by atoms with Crippen LogP contribution >= 0.6 is 11.8 Å². The molecular weight excluding hydrogens is 218 g/mol. The first-order valence-electron chi connectivity index (χ1n) is 5.91. The molecule has 1 aliphatic heterocycles. The summed E-state index contributed by atoms with van der Waals surface area (Å²) in [7, 11) is 0. The highest BCUT2D eigenvalue weighted by Crippen LogP contribution is 2.28. The fourth-order valence-electron chi connectivity index (χ4n) is 2.19. The SMILES string of the molecule is NC(Cc1cccc(O)c1)C1CCCCS1. The van der Waals surface area contributed by atoms with Gasteiger partial charge < -0.3 is 10.8 Å². The van der Waals surface area contributed by atoms with Crippen molar-refractivity contribution in [3.63, 3.8) is 0 Å². The highest BCUT2D eigenvalue weighted by molar-refractivity contribution is 8.00. The number of rotatable bonds is 3. The minimum atomic E-state index is 0.215. The molecule has 1 heterocycles. The molecule has 0 aliphatic carbocycles. The number of hydrogen-bond donors (Lipinski definition) is 2. The van der Waals surface area contributed by atoms with Crippen LogP contribution in [-0.2, 0) is 6.42 Å². The van der Waals surface area contributed by atoms with Crippen molar-refractivity contribution in [2.45, 2.75) is 37.0 Å². The lowest BCUT2D eigenvalue weighted by Gasteiger charge is -2.27. The Kier molecular flexibility index (Phi) is 4.13. The number of phenols is 1. The van der Waals surface area contributed by atoms with Crippen molar-refractivity contribution >= 4 is 11.8 Å². The van der Waals surface area contributed by atoms with Crippen LogP contribution in [0, 0.1) is 0 Å². The van der Waals surface area contributed by atoms with E-state index in [-0.39, 0.29) is 6.04 Å². The minimum Gasteiger partial charge on any atom is -0.508 e. The molecule has 2 atom stereocenters. The maximum atomic E-state index is 9.39. The van der Waals surface area contributed by atoms with Gasteiger partial charge >= 0.3 is 0 Å². The van der Waals surface area contributed by atoms with Gasteiger partial charge in [0.1, 0.15) is 5.75 Å². The van der Waals surface area contributed by atoms with Gasteiger partial charge in [-0.15, -0.1) is 0 Å². The van der Waals surface area contributed by atoms with Gasteiger partial charge in [0.2, 0.25) is 0 Å². The van der Waals surface area contributed by atoms with Gasteiger partial charge in [0.25, 0.3) is 0 Å². The first-order valence-corrected chi connectivity index (χ1v) is 6.95. The second-order valence-corrected chi connectivity index (χ2v) is 5.79. The normalized spacial score (nSPS) is 22.9. The van der Waals surface area contributed by atoms with Crippen molar-refractivity contribution in [3.05, 3.63) is 29.8 Å². The maximum absolute atomic E-state index is 9.39. The second kappa shape index (κ2) is 5.60. The molecule has 3 heteroatoms. The summed E-state index contributed by atoms with van der Waals surface area (Å²) < 4.78 is 0. The summed E-state index contributed by atoms with van der Waals surface area (Å²) >= 11 is 2.01. The molecule has 2 nitrogen and oxygen atoms in total. The third kappa shape index (κ3) is 3.16. The molecular formula is C13H19NOS. The molecule has 0 spiro atoms. The summed E-state index contributed by atoms with van der Waals surface area (Å²) in [5.41, 5.74) is 7.37. The first kappa shape index (κ1) is 11.8. The predicted octanol–water partition coefficient (Wildman–Crippen LogP) is 2.55. The molecule has 1 saturated heterocycles. The largest absolute Gasteiger partial charge is 0.508 e. The molecule has 3 N–H and O–H groups in total. The Morgan fingerprint density at radius 3 is 3.00 bits per heavy atom. The van der Waals surface area contributed by atoms with Gasteiger partial charge in [0.15, 0.2) is 0 Å². The molecule has 0 saturated carbocycles. The standard InChI is InChI=1S/C13H19NOS/c14-12(13-6-1-2-7-16-13)9-10-4-3-5-11(15)8-10/h3-5,8,12-13,15H,1-2,6-7,9,14H2. The Morgan fingerprint density at radius 2 is 2.31 bits per heavy atom. The van der Waals surface area contributed by atoms with Crippen LogP contribution in [0.4, 0.5) is 0 Å². The van der Waals surface area contributed by atoms with E-state index in [1.165, 1.54) is 25.0 Å². The lowest BCUT2D eigenvalue weighted by Crippen LogP contribution is -2.36. The van der Waals surface area contributed by atoms with E-state index >= 15 is 0 Å². The van der Waals surface area contributed by atoms with E-state index in [1.54, 1.807) is 6.07 Å². The highest BCUT2D eigenvalue weighted by atomic mass is 32.2. The molecule has 2 unspecified atom stereocenters. The smallest absolute Gasteiger partial charge is 0.115 e. The average Bonchev–Trinajstić information content (AvgIpc) is 2.30. The van der Waals surface area contributed by atoms with Crippen LogP contribution in [-0.4, -0.2) is 22.2 Å². The van der Waals surface area contributed by atoms with Crippen molar-refractivity contribution in [1.29, 1.82) is 0 Å². The van der Waals surface area contributed by atoms with Crippen molar-refractivity contribution in [2.75, 3.05) is 5.75 Å². The Hall–Kier alpha value is -0.670. The van der Waals surface area contributed by atoms with Gasteiger partial charge in [-0.1, -0.05) is 18.6 Å². The summed E-state index contributed by atoms with van der Waals surface area (Å²) in [6.07, 6.45) is 4.75. The molecule has 2 rings (SSSR count). The Morgan fingerprint density at radius 1 is 1.44 bits per heavy atom. The lowest BCUT2D eigenvalue weighted by atomic mass is 10.0. The van der Waals surface area contributed by atoms with E-state index in [0.29, 0.717) is 11.0 Å². The zero-order valence-electron chi connectivity index (χ0n) is 9.43. The molecule has 0 radical (unpaired) electrons. The summed E-state index contributed by atoms with van der Waals surface area (Å²) in [5, 5.41) is 9.98. The van der Waals surface area contributed by atoms with E-state index < -0.39 is 0 Å². The quantitative estimate of drug-likeness (QED) is 0.849. The van der Waals surface area contributed by atoms with Gasteiger partial charge in [-0.05, 0) is 42.7 Å². The van der Waals surface area contributed by atoms with Crippen LogP contribution in [0.1, 0.15) is 24.8 Å². The average molecular weight is 237 g/mol. The van der Waals surface area contributed by atoms with E-state index in [2.05, 4.69) is 0 Å². The first-order chi connectivity index (χ1) is 7.75. The lowest BCUT2D eigenvalue weighted by molar-refractivity contribution is 0.473. The Balaban J connectivity index is 1.93. The van der Waals surface area contributed by atoms with E-state index in [1.807, 2.05) is 30.0 Å². The molecule has 1 fully saturated rings. The fraction of sp³-hybridized carbons (Fsp3) is 0.538. The molecule has 0 amide bonds. The van der Waals surface area contributed by atoms with Gasteiger partial charge in [-0.2, -0.15) is 11.8 Å². The number of benzene rings is 1. The van der Waals surface area contributed by atoms with Crippen molar-refractivity contribution in [1.82, 2.24) is 0 Å². The summed E-state index contributed by atoms with van der Waals surface area (Å²) in [6.45, 7) is 0. The van der Waals surface area contributed by atoms with Crippen molar-refractivity contribution < 1.29 is 5.11 Å². The van der Waals surface area contributed by atoms with Crippen molar-refractivity contribution in [3.8, 4) is 5.75 Å². The van der Waals surface area contributed by atoms with Gasteiger partial charge in [-0.25, -0.2) is 0 Å². The monoisotopic (exact) mass is 237 g/mol. The van der Waals surface area contributed by atoms with Crippen LogP contribution in [0.2, 0.25) is 0 Å². The molecule has 0 aromatic heterocycles. The fourth-order valence-corrected chi connectivity index (χ4v) is 3.54. The highest BCUT2D eigenvalue weighted by Gasteiger charge is 2.21. The number of nitrogens with two attached hydrogens (primary N) is 1. The summed E-state index contributed by atoms with van der Waals surface area (Å²) in [6, 6.07) is 7.64. The van der Waals surface area contributed by atoms with E-state index in [9.17, 15) is 5.11 Å². The topological polar surface area (TPSA) is 46.2 Å². The van der Waals surface area contributed by atoms with Crippen LogP contribution < -0.4 is 5.73 Å². The summed E-state index contributed by atoms with van der Waals surface area (Å²) in [5.74, 6) is 1.58. The number of thioether (sulfide) groups is 1. The molecule has 88 valence electrons. The molecule has 1 aliphatic rings. The predicted molar refractivity (Wildman–Crippen MR) is 69.9 cm³/mol. The summed E-state index contributed by atoms with van der Waals surface area (Å²) in [4.78, 5) is 0. The Bertz CT molecular complexity index is 336. The molecule has 1 aromatic rings. The zero-order chi connectivity index (χ0) is 11.4. The van der Waals surface area contributed by atoms with Crippen LogP contribution in [0.3, 0.4) is 0 Å². The van der Waals surface area contributed by atoms with Gasteiger partial charge in [-0.3, -0.25) is 0 Å². The van der Waals surface area contributed by atoms with Gasteiger partial charge in [0, 0.05) is 11.3 Å². The zero-order valence-corrected chi connectivity index (χ0v) is 10.2. The Labute approximate surface area is 101 Å². The van der Waals surface area contributed by atoms with Crippen molar-refractivity contribution in [2.24, 2.45) is 5.73 Å². The number of aromatic hydroxyl groups is 1. The van der Waals surface area contributed by atoms with E-state index in [4.69, 9.17) is 5.73 Å². The third-order valence-corrected chi connectivity index (χ3v) is 4.61. The van der Waals surface area contributed by atoms with E-state index in [0.717, 1.165) is 12.0 Å². The van der Waals surface area contributed by atoms with Crippen LogP contribution in [0.5, 0.6) is 5.75 Å². The second-order valence-electron chi connectivity index (χ2n) is 4.44. The molecule has 1 aromatic carbocycles. The number of phenolic OH excluding ortho intramolecular Hbond substituents is 1. The minimum absolute atomic E-state index is 0.215. The third-order valence-electron chi connectivity index (χ3n) is 3.07. The number of hydrogen-bond acceptors (Lipinski definition) is 3. The molecule has 0 bridgehead atoms. The van der Waals surface area contributed by atoms with Crippen LogP contribution in [0.25, 0.3) is 0 Å². The maximum Gasteiger partial charge on any atom is 0.115 e. The van der Waals surface area contributed by atoms with Gasteiger partial charge in [0.05, 0.1) is 0 Å². The molecule has 16 heavy (non-hydrogen) atoms. The van der Waals surface area contributed by atoms with Crippen LogP contribution in [0.15, 0.2) is 24.3 Å².